The van der Waals surface area contributed by atoms with Crippen molar-refractivity contribution in [3.63, 3.8) is 0 Å². The summed E-state index contributed by atoms with van der Waals surface area (Å²) in [4.78, 5) is 17.7. The van der Waals surface area contributed by atoms with Crippen molar-refractivity contribution in [1.29, 1.82) is 0 Å². The average Bonchev–Trinajstić information content (AvgIpc) is 2.99. The minimum atomic E-state index is -0.866. The van der Waals surface area contributed by atoms with Gasteiger partial charge in [-0.1, -0.05) is 28.5 Å². The van der Waals surface area contributed by atoms with Crippen molar-refractivity contribution in [3.8, 4) is 5.69 Å². The lowest BCUT2D eigenvalue weighted by molar-refractivity contribution is 0.392. The highest BCUT2D eigenvalue weighted by molar-refractivity contribution is 7.98. The first-order chi connectivity index (χ1) is 13.8. The molecule has 5 nitrogen and oxygen atoms in total. The van der Waals surface area contributed by atoms with Crippen molar-refractivity contribution in [3.05, 3.63) is 80.4 Å². The van der Waals surface area contributed by atoms with Crippen LogP contribution in [-0.4, -0.2) is 14.7 Å². The Hall–Kier alpha value is -2.71. The van der Waals surface area contributed by atoms with E-state index in [0.717, 1.165) is 28.0 Å². The molecule has 4 aromatic rings. The Kier molecular flexibility index (Phi) is 5.14. The van der Waals surface area contributed by atoms with E-state index in [1.54, 1.807) is 19.1 Å². The first-order valence-electron chi connectivity index (χ1n) is 8.57. The van der Waals surface area contributed by atoms with Gasteiger partial charge in [0.25, 0.3) is 5.56 Å². The third-order valence-corrected chi connectivity index (χ3v) is 5.68. The maximum atomic E-state index is 14.5. The summed E-state index contributed by atoms with van der Waals surface area (Å²) in [5.41, 5.74) is 1.44. The van der Waals surface area contributed by atoms with Crippen LogP contribution < -0.4 is 5.56 Å². The van der Waals surface area contributed by atoms with E-state index in [2.05, 4.69) is 10.1 Å². The standard InChI is InChI=1S/C20H14ClF2N3O2S/c1-10-15(11(2)28-25-10)9-29-20-24-17-5-3-12(21)7-14(17)19(27)26(20)18-6-4-13(22)8-16(18)23/h3-8H,9H2,1-2H3. The fourth-order valence-corrected chi connectivity index (χ4v) is 4.28. The zero-order valence-corrected chi connectivity index (χ0v) is 16.9. The lowest BCUT2D eigenvalue weighted by atomic mass is 10.2. The molecule has 0 unspecified atom stereocenters. The minimum Gasteiger partial charge on any atom is -0.361 e. The topological polar surface area (TPSA) is 60.9 Å². The van der Waals surface area contributed by atoms with Crippen LogP contribution in [0.5, 0.6) is 0 Å². The highest BCUT2D eigenvalue weighted by atomic mass is 35.5. The van der Waals surface area contributed by atoms with E-state index in [1.165, 1.54) is 23.9 Å². The van der Waals surface area contributed by atoms with Crippen LogP contribution in [-0.2, 0) is 5.75 Å². The molecule has 0 saturated carbocycles. The van der Waals surface area contributed by atoms with Gasteiger partial charge in [-0.05, 0) is 44.2 Å². The summed E-state index contributed by atoms with van der Waals surface area (Å²) in [5, 5.41) is 4.77. The summed E-state index contributed by atoms with van der Waals surface area (Å²) in [5.74, 6) is -0.532. The van der Waals surface area contributed by atoms with Crippen LogP contribution in [0.25, 0.3) is 16.6 Å². The quantitative estimate of drug-likeness (QED) is 0.326. The Labute approximate surface area is 173 Å². The number of rotatable bonds is 4. The monoisotopic (exact) mass is 433 g/mol. The van der Waals surface area contributed by atoms with Crippen LogP contribution in [0.1, 0.15) is 17.0 Å². The number of hydrogen-bond acceptors (Lipinski definition) is 5. The smallest absolute Gasteiger partial charge is 0.266 e. The molecule has 4 rings (SSSR count). The first kappa shape index (κ1) is 19.6. The molecule has 0 fully saturated rings. The molecule has 9 heteroatoms. The van der Waals surface area contributed by atoms with Gasteiger partial charge in [-0.25, -0.2) is 13.8 Å². The lowest BCUT2D eigenvalue weighted by Gasteiger charge is -2.14. The number of hydrogen-bond donors (Lipinski definition) is 0. The fourth-order valence-electron chi connectivity index (χ4n) is 2.95. The zero-order chi connectivity index (χ0) is 20.7. The van der Waals surface area contributed by atoms with Crippen molar-refractivity contribution in [2.45, 2.75) is 24.8 Å². The van der Waals surface area contributed by atoms with Crippen molar-refractivity contribution in [1.82, 2.24) is 14.7 Å². The molecular formula is C20H14ClF2N3O2S. The predicted octanol–water partition coefficient (Wildman–Crippen LogP) is 5.21. The van der Waals surface area contributed by atoms with E-state index in [4.69, 9.17) is 16.1 Å². The summed E-state index contributed by atoms with van der Waals surface area (Å²) >= 11 is 7.25. The number of halogens is 3. The Morgan fingerprint density at radius 3 is 2.66 bits per heavy atom. The van der Waals surface area contributed by atoms with Crippen molar-refractivity contribution < 1.29 is 13.3 Å². The molecule has 0 amide bonds. The van der Waals surface area contributed by atoms with Gasteiger partial charge in [0.05, 0.1) is 22.3 Å². The molecule has 0 aliphatic carbocycles. The summed E-state index contributed by atoms with van der Waals surface area (Å²) in [6, 6.07) is 7.77. The Morgan fingerprint density at radius 1 is 1.17 bits per heavy atom. The van der Waals surface area contributed by atoms with Gasteiger partial charge in [0, 0.05) is 22.4 Å². The number of benzene rings is 2. The van der Waals surface area contributed by atoms with E-state index in [1.807, 2.05) is 6.92 Å². The van der Waals surface area contributed by atoms with Crippen LogP contribution in [0, 0.1) is 25.5 Å². The van der Waals surface area contributed by atoms with Gasteiger partial charge in [0.1, 0.15) is 17.4 Å². The Bertz CT molecular complexity index is 1280. The lowest BCUT2D eigenvalue weighted by Crippen LogP contribution is -2.23. The number of fused-ring (bicyclic) bond motifs is 1. The van der Waals surface area contributed by atoms with Crippen LogP contribution in [0.4, 0.5) is 8.78 Å². The first-order valence-corrected chi connectivity index (χ1v) is 9.94. The molecule has 0 bridgehead atoms. The SMILES string of the molecule is Cc1noc(C)c1CSc1nc2ccc(Cl)cc2c(=O)n1-c1ccc(F)cc1F. The molecule has 2 aromatic heterocycles. The van der Waals surface area contributed by atoms with Crippen LogP contribution in [0.2, 0.25) is 5.02 Å². The second kappa shape index (κ2) is 7.61. The average molecular weight is 434 g/mol. The van der Waals surface area contributed by atoms with Crippen LogP contribution >= 0.6 is 23.4 Å². The van der Waals surface area contributed by atoms with E-state index >= 15 is 0 Å². The molecule has 0 aliphatic rings. The molecule has 2 aromatic carbocycles. The van der Waals surface area contributed by atoms with E-state index < -0.39 is 17.2 Å². The number of aromatic nitrogens is 3. The van der Waals surface area contributed by atoms with Gasteiger partial charge < -0.3 is 4.52 Å². The predicted molar refractivity (Wildman–Crippen MR) is 108 cm³/mol. The maximum Gasteiger partial charge on any atom is 0.266 e. The van der Waals surface area contributed by atoms with Crippen LogP contribution in [0.3, 0.4) is 0 Å². The third kappa shape index (κ3) is 3.65. The number of thioether (sulfide) groups is 1. The molecule has 29 heavy (non-hydrogen) atoms. The van der Waals surface area contributed by atoms with Crippen molar-refractivity contribution >= 4 is 34.3 Å². The summed E-state index contributed by atoms with van der Waals surface area (Å²) in [6.45, 7) is 3.60. The van der Waals surface area contributed by atoms with E-state index in [9.17, 15) is 13.6 Å². The molecule has 148 valence electrons. The number of nitrogens with zero attached hydrogens (tertiary/aromatic N) is 3. The molecule has 0 N–H and O–H groups in total. The van der Waals surface area contributed by atoms with Gasteiger partial charge >= 0.3 is 0 Å². The zero-order valence-electron chi connectivity index (χ0n) is 15.4. The molecule has 0 radical (unpaired) electrons. The summed E-state index contributed by atoms with van der Waals surface area (Å²) in [6.07, 6.45) is 0. The normalized spacial score (nSPS) is 11.3. The van der Waals surface area contributed by atoms with E-state index in [-0.39, 0.29) is 16.2 Å². The molecule has 2 heterocycles. The highest BCUT2D eigenvalue weighted by Gasteiger charge is 2.18. The molecular weight excluding hydrogens is 420 g/mol. The summed E-state index contributed by atoms with van der Waals surface area (Å²) in [7, 11) is 0. The van der Waals surface area contributed by atoms with E-state index in [0.29, 0.717) is 22.1 Å². The third-order valence-electron chi connectivity index (χ3n) is 4.48. The van der Waals surface area contributed by atoms with Crippen molar-refractivity contribution in [2.75, 3.05) is 0 Å². The molecule has 0 aliphatic heterocycles. The largest absolute Gasteiger partial charge is 0.361 e. The number of aryl methyl sites for hydroxylation is 2. The van der Waals surface area contributed by atoms with Gasteiger partial charge in [-0.15, -0.1) is 0 Å². The van der Waals surface area contributed by atoms with Crippen LogP contribution in [0.15, 0.2) is 50.9 Å². The van der Waals surface area contributed by atoms with Crippen molar-refractivity contribution in [2.24, 2.45) is 0 Å². The fraction of sp³-hybridized carbons (Fsp3) is 0.150. The second-order valence-electron chi connectivity index (χ2n) is 6.38. The highest BCUT2D eigenvalue weighted by Crippen LogP contribution is 2.28. The van der Waals surface area contributed by atoms with Gasteiger partial charge in [-0.2, -0.15) is 0 Å². The maximum absolute atomic E-state index is 14.5. The molecule has 0 atom stereocenters. The molecule has 0 spiro atoms. The van der Waals surface area contributed by atoms with Gasteiger partial charge in [0.2, 0.25) is 0 Å². The minimum absolute atomic E-state index is 0.0907. The molecule has 0 saturated heterocycles. The van der Waals surface area contributed by atoms with Gasteiger partial charge in [0.15, 0.2) is 5.16 Å². The second-order valence-corrected chi connectivity index (χ2v) is 7.76. The van der Waals surface area contributed by atoms with Gasteiger partial charge in [-0.3, -0.25) is 9.36 Å². The Balaban J connectivity index is 1.91. The summed E-state index contributed by atoms with van der Waals surface area (Å²) < 4.78 is 34.2. The Morgan fingerprint density at radius 2 is 1.97 bits per heavy atom.